The second-order valence-electron chi connectivity index (χ2n) is 14.4. The molecule has 0 fully saturated rings. The summed E-state index contributed by atoms with van der Waals surface area (Å²) >= 11 is 0. The summed E-state index contributed by atoms with van der Waals surface area (Å²) in [5.74, 6) is -0.313. The zero-order valence-electron chi connectivity index (χ0n) is 28.1. The van der Waals surface area contributed by atoms with Crippen LogP contribution < -0.4 is 0 Å². The highest BCUT2D eigenvalue weighted by Gasteiger charge is 2.57. The molecule has 0 aromatic carbocycles. The first-order chi connectivity index (χ1) is 16.9. The van der Waals surface area contributed by atoms with Crippen molar-refractivity contribution in [1.29, 1.82) is 0 Å². The van der Waals surface area contributed by atoms with Gasteiger partial charge in [0.05, 0.1) is 26.5 Å². The van der Waals surface area contributed by atoms with Crippen molar-refractivity contribution in [3.8, 4) is 0 Å². The van der Waals surface area contributed by atoms with E-state index in [1.807, 2.05) is 0 Å². The number of esters is 1. The summed E-state index contributed by atoms with van der Waals surface area (Å²) in [6, 6.07) is 0.920. The van der Waals surface area contributed by atoms with E-state index < -0.39 is 33.0 Å². The Kier molecular flexibility index (Phi) is 14.2. The molecule has 0 rings (SSSR count). The maximum absolute atomic E-state index is 12.0. The van der Waals surface area contributed by atoms with Gasteiger partial charge in [0.1, 0.15) is 0 Å². The Morgan fingerprint density at radius 3 is 1.79 bits per heavy atom. The Morgan fingerprint density at radius 2 is 1.42 bits per heavy atom. The molecular weight excluding hydrogens is 541 g/mol. The molecule has 38 heavy (non-hydrogen) atoms. The average molecular weight is 605 g/mol. The molecule has 5 nitrogen and oxygen atoms in total. The molecule has 5 atom stereocenters. The van der Waals surface area contributed by atoms with Gasteiger partial charge in [-0.1, -0.05) is 53.9 Å². The summed E-state index contributed by atoms with van der Waals surface area (Å²) in [6.07, 6.45) is 3.79. The standard InChI is InChI=1S/C29H64O5Si4/c1-18-26(33-37(15,16)25(6)32-36(12,13)14)28(7,19-2)38(17,23-21-22-31-27(30)24(4)5)34-29(8,20-3)35(9,10)11/h25-26H,4,18-23H2,1-3,5-17H3. The van der Waals surface area contributed by atoms with Crippen LogP contribution in [0.25, 0.3) is 0 Å². The highest BCUT2D eigenvalue weighted by atomic mass is 28.4. The van der Waals surface area contributed by atoms with E-state index in [9.17, 15) is 4.79 Å². The second-order valence-corrected chi connectivity index (χ2v) is 33.0. The maximum Gasteiger partial charge on any atom is 0.333 e. The van der Waals surface area contributed by atoms with E-state index in [0.717, 1.165) is 31.7 Å². The summed E-state index contributed by atoms with van der Waals surface area (Å²) in [6.45, 7) is 40.7. The van der Waals surface area contributed by atoms with Crippen LogP contribution in [0.1, 0.15) is 74.1 Å². The Hall–Kier alpha value is -0.0425. The Labute approximate surface area is 241 Å². The molecule has 0 radical (unpaired) electrons. The zero-order chi connectivity index (χ0) is 30.4. The van der Waals surface area contributed by atoms with Crippen molar-refractivity contribution in [3.63, 3.8) is 0 Å². The molecule has 0 N–H and O–H groups in total. The number of rotatable bonds is 18. The van der Waals surface area contributed by atoms with Crippen LogP contribution in [-0.4, -0.2) is 62.7 Å². The number of carbonyl (C=O) groups is 1. The fourth-order valence-corrected chi connectivity index (χ4v) is 17.4. The lowest BCUT2D eigenvalue weighted by Crippen LogP contribution is -2.64. The van der Waals surface area contributed by atoms with Crippen molar-refractivity contribution in [3.05, 3.63) is 12.2 Å². The van der Waals surface area contributed by atoms with Gasteiger partial charge in [-0.25, -0.2) is 4.79 Å². The third-order valence-electron chi connectivity index (χ3n) is 9.07. The number of carbonyl (C=O) groups excluding carboxylic acids is 1. The fourth-order valence-electron chi connectivity index (χ4n) is 5.14. The summed E-state index contributed by atoms with van der Waals surface area (Å²) in [5.41, 5.74) is 0.570. The molecule has 0 aliphatic rings. The molecule has 0 aromatic heterocycles. The van der Waals surface area contributed by atoms with Crippen LogP contribution in [0.3, 0.4) is 0 Å². The Morgan fingerprint density at radius 1 is 0.895 bits per heavy atom. The highest BCUT2D eigenvalue weighted by molar-refractivity contribution is 6.82. The second kappa shape index (κ2) is 14.2. The van der Waals surface area contributed by atoms with Crippen LogP contribution in [0.5, 0.6) is 0 Å². The summed E-state index contributed by atoms with van der Waals surface area (Å²) in [5, 5.41) is -0.252. The predicted octanol–water partition coefficient (Wildman–Crippen LogP) is 9.08. The first-order valence-corrected chi connectivity index (χ1v) is 27.3. The number of hydrogen-bond acceptors (Lipinski definition) is 5. The lowest BCUT2D eigenvalue weighted by atomic mass is 9.98. The number of hydrogen-bond donors (Lipinski definition) is 0. The topological polar surface area (TPSA) is 54.0 Å². The molecule has 0 saturated carbocycles. The normalized spacial score (nSPS) is 19.6. The molecule has 9 heteroatoms. The minimum absolute atomic E-state index is 0.0826. The van der Waals surface area contributed by atoms with Crippen molar-refractivity contribution < 1.29 is 22.8 Å². The van der Waals surface area contributed by atoms with Crippen LogP contribution in [0, 0.1) is 0 Å². The molecule has 0 aromatic rings. The lowest BCUT2D eigenvalue weighted by Gasteiger charge is -2.55. The van der Waals surface area contributed by atoms with Crippen molar-refractivity contribution in [1.82, 2.24) is 0 Å². The largest absolute Gasteiger partial charge is 0.462 e. The van der Waals surface area contributed by atoms with Gasteiger partial charge in [-0.05, 0) is 91.8 Å². The van der Waals surface area contributed by atoms with Crippen LogP contribution in [0.15, 0.2) is 12.2 Å². The van der Waals surface area contributed by atoms with E-state index in [-0.39, 0.29) is 28.1 Å². The van der Waals surface area contributed by atoms with Crippen molar-refractivity contribution >= 4 is 39.0 Å². The van der Waals surface area contributed by atoms with Crippen LogP contribution in [-0.2, 0) is 22.8 Å². The molecule has 0 heterocycles. The summed E-state index contributed by atoms with van der Waals surface area (Å²) < 4.78 is 26.8. The van der Waals surface area contributed by atoms with Crippen LogP contribution in [0.2, 0.25) is 70.0 Å². The van der Waals surface area contributed by atoms with E-state index in [0.29, 0.717) is 12.2 Å². The van der Waals surface area contributed by atoms with E-state index in [4.69, 9.17) is 18.0 Å². The van der Waals surface area contributed by atoms with Gasteiger partial charge in [0.15, 0.2) is 16.6 Å². The van der Waals surface area contributed by atoms with Gasteiger partial charge >= 0.3 is 5.97 Å². The van der Waals surface area contributed by atoms with Crippen molar-refractivity contribution in [2.45, 2.75) is 161 Å². The minimum atomic E-state index is -2.45. The predicted molar refractivity (Wildman–Crippen MR) is 175 cm³/mol. The van der Waals surface area contributed by atoms with Gasteiger partial charge in [-0.3, -0.25) is 0 Å². The van der Waals surface area contributed by atoms with Gasteiger partial charge in [-0.2, -0.15) is 0 Å². The number of ether oxygens (including phenoxy) is 1. The molecular formula is C29H64O5Si4. The SMILES string of the molecule is C=C(C)C(=O)OCCC[Si](C)(OC(C)(CC)[Si](C)(C)C)C(C)(CC)C(CC)O[Si](C)(C)C(C)O[Si](C)(C)C. The van der Waals surface area contributed by atoms with E-state index >= 15 is 0 Å². The molecule has 226 valence electrons. The zero-order valence-corrected chi connectivity index (χ0v) is 32.1. The van der Waals surface area contributed by atoms with Gasteiger partial charge in [0.25, 0.3) is 0 Å². The van der Waals surface area contributed by atoms with Gasteiger partial charge < -0.3 is 18.0 Å². The molecule has 0 bridgehead atoms. The molecule has 0 amide bonds. The molecule has 0 saturated heterocycles. The highest BCUT2D eigenvalue weighted by Crippen LogP contribution is 2.53. The third kappa shape index (κ3) is 10.1. The lowest BCUT2D eigenvalue weighted by molar-refractivity contribution is -0.138. The molecule has 0 spiro atoms. The molecule has 0 aliphatic heterocycles. The van der Waals surface area contributed by atoms with E-state index in [1.54, 1.807) is 6.92 Å². The summed E-state index contributed by atoms with van der Waals surface area (Å²) in [7, 11) is -7.96. The Balaban J connectivity index is 6.45. The van der Waals surface area contributed by atoms with E-state index in [2.05, 4.69) is 107 Å². The van der Waals surface area contributed by atoms with Crippen LogP contribution >= 0.6 is 0 Å². The van der Waals surface area contributed by atoms with Gasteiger partial charge in [-0.15, -0.1) is 0 Å². The maximum atomic E-state index is 12.0. The van der Waals surface area contributed by atoms with E-state index in [1.165, 1.54) is 0 Å². The molecule has 0 aliphatic carbocycles. The smallest absolute Gasteiger partial charge is 0.333 e. The minimum Gasteiger partial charge on any atom is -0.462 e. The molecule has 5 unspecified atom stereocenters. The fraction of sp³-hybridized carbons (Fsp3) is 0.897. The first-order valence-electron chi connectivity index (χ1n) is 14.8. The van der Waals surface area contributed by atoms with Gasteiger partial charge in [0, 0.05) is 15.8 Å². The summed E-state index contributed by atoms with van der Waals surface area (Å²) in [4.78, 5) is 12.0. The third-order valence-corrected chi connectivity index (χ3v) is 22.5. The first kappa shape index (κ1) is 38.0. The van der Waals surface area contributed by atoms with Gasteiger partial charge in [0.2, 0.25) is 8.32 Å². The quantitative estimate of drug-likeness (QED) is 0.0676. The van der Waals surface area contributed by atoms with Crippen molar-refractivity contribution in [2.24, 2.45) is 0 Å². The van der Waals surface area contributed by atoms with Crippen LogP contribution in [0.4, 0.5) is 0 Å². The Bertz CT molecular complexity index is 776. The monoisotopic (exact) mass is 604 g/mol. The van der Waals surface area contributed by atoms with Crippen molar-refractivity contribution in [2.75, 3.05) is 6.61 Å². The average Bonchev–Trinajstić information content (AvgIpc) is 2.77.